The molecule has 1 aliphatic heterocycles. The Kier molecular flexibility index (Phi) is 7.19. The number of nitrogens with zero attached hydrogens (tertiary/aromatic N) is 2. The molecule has 1 saturated heterocycles. The van der Waals surface area contributed by atoms with Crippen molar-refractivity contribution in [2.45, 2.75) is 31.8 Å². The molecule has 4 rings (SSSR count). The van der Waals surface area contributed by atoms with Gasteiger partial charge in [-0.05, 0) is 68.3 Å². The summed E-state index contributed by atoms with van der Waals surface area (Å²) in [5.74, 6) is 0.291. The molecule has 0 bridgehead atoms. The van der Waals surface area contributed by atoms with Crippen LogP contribution in [0.25, 0.3) is 6.08 Å². The van der Waals surface area contributed by atoms with E-state index in [9.17, 15) is 9.18 Å². The maximum absolute atomic E-state index is 14.1. The van der Waals surface area contributed by atoms with Crippen molar-refractivity contribution >= 4 is 30.3 Å². The summed E-state index contributed by atoms with van der Waals surface area (Å²) in [6.45, 7) is 2.90. The minimum atomic E-state index is -0.373. The van der Waals surface area contributed by atoms with E-state index in [1.165, 1.54) is 12.3 Å². The number of carbonyl (C=O) groups excluding carboxylic acids is 1. The summed E-state index contributed by atoms with van der Waals surface area (Å²) < 4.78 is 21.5. The summed E-state index contributed by atoms with van der Waals surface area (Å²) >= 11 is 6.18. The van der Waals surface area contributed by atoms with Crippen LogP contribution in [0.4, 0.5) is 4.39 Å². The first kappa shape index (κ1) is 24.2. The largest absolute Gasteiger partial charge is 0.490 e. The number of rotatable bonds is 10. The van der Waals surface area contributed by atoms with Crippen LogP contribution < -0.4 is 15.5 Å². The van der Waals surface area contributed by atoms with Gasteiger partial charge in [0.15, 0.2) is 6.29 Å². The Labute approximate surface area is 203 Å². The van der Waals surface area contributed by atoms with Gasteiger partial charge in [0, 0.05) is 42.9 Å². The topological polar surface area (TPSA) is 94.2 Å². The third-order valence-electron chi connectivity index (χ3n) is 6.67. The average molecular weight is 486 g/mol. The molecule has 180 valence electrons. The normalized spacial score (nSPS) is 17.4. The van der Waals surface area contributed by atoms with Crippen molar-refractivity contribution < 1.29 is 13.9 Å². The molecule has 34 heavy (non-hydrogen) atoms. The summed E-state index contributed by atoms with van der Waals surface area (Å²) in [6.07, 6.45) is 9.87. The smallest absolute Gasteiger partial charge is 0.152 e. The standard InChI is InChI=1S/C25H29ClFN5O2/c1-30-7-6-19-20(13-33)21(26)4-5-23(19)34-18-10-25(11-18)14-31(15-25)8-2-3-17-9-24(29)32(16-28)12-22(17)27/h4-7,9,12-13,16,18,28-30H,2-3,8,10-11,14-15H2,1H3/b7-6-,28-16?,29-24?. The predicted molar refractivity (Wildman–Crippen MR) is 130 cm³/mol. The number of aromatic nitrogens is 1. The second kappa shape index (κ2) is 10.1. The van der Waals surface area contributed by atoms with Crippen LogP contribution in [0, 0.1) is 22.1 Å². The molecule has 0 radical (unpaired) electrons. The van der Waals surface area contributed by atoms with E-state index in [1.54, 1.807) is 25.4 Å². The third kappa shape index (κ3) is 4.93. The van der Waals surface area contributed by atoms with Gasteiger partial charge in [0.05, 0.1) is 17.5 Å². The third-order valence-corrected chi connectivity index (χ3v) is 7.00. The van der Waals surface area contributed by atoms with Gasteiger partial charge >= 0.3 is 0 Å². The predicted octanol–water partition coefficient (Wildman–Crippen LogP) is 3.69. The first-order valence-electron chi connectivity index (χ1n) is 11.3. The van der Waals surface area contributed by atoms with Gasteiger partial charge in [-0.3, -0.25) is 20.2 Å². The molecular formula is C25H29ClFN5O2. The number of benzene rings is 1. The number of likely N-dealkylation sites (tertiary alicyclic amines) is 1. The van der Waals surface area contributed by atoms with Crippen molar-refractivity contribution in [1.82, 2.24) is 14.8 Å². The van der Waals surface area contributed by atoms with E-state index in [4.69, 9.17) is 27.2 Å². The van der Waals surface area contributed by atoms with E-state index in [0.717, 1.165) is 56.1 Å². The fourth-order valence-electron chi connectivity index (χ4n) is 5.01. The molecule has 2 aromatic rings. The molecule has 3 N–H and O–H groups in total. The van der Waals surface area contributed by atoms with Gasteiger partial charge in [-0.25, -0.2) is 4.39 Å². The quantitative estimate of drug-likeness (QED) is 0.272. The first-order chi connectivity index (χ1) is 16.4. The Balaban J connectivity index is 1.26. The van der Waals surface area contributed by atoms with Crippen molar-refractivity contribution in [3.63, 3.8) is 0 Å². The van der Waals surface area contributed by atoms with Crippen LogP contribution in [0.3, 0.4) is 0 Å². The number of carbonyl (C=O) groups is 1. The molecule has 9 heteroatoms. The molecule has 0 unspecified atom stereocenters. The van der Waals surface area contributed by atoms with Crippen molar-refractivity contribution in [1.29, 1.82) is 10.8 Å². The molecule has 1 spiro atoms. The number of nitrogens with one attached hydrogen (secondary N) is 3. The number of aldehydes is 1. The van der Waals surface area contributed by atoms with Gasteiger partial charge in [-0.1, -0.05) is 11.6 Å². The van der Waals surface area contributed by atoms with Crippen molar-refractivity contribution in [3.8, 4) is 5.75 Å². The van der Waals surface area contributed by atoms with Crippen LogP contribution in [-0.2, 0) is 6.42 Å². The fourth-order valence-corrected chi connectivity index (χ4v) is 5.22. The van der Waals surface area contributed by atoms with E-state index in [1.807, 2.05) is 6.07 Å². The van der Waals surface area contributed by atoms with Crippen molar-refractivity contribution in [2.75, 3.05) is 26.7 Å². The monoisotopic (exact) mass is 485 g/mol. The van der Waals surface area contributed by atoms with Gasteiger partial charge in [-0.2, -0.15) is 0 Å². The minimum absolute atomic E-state index is 0.110. The van der Waals surface area contributed by atoms with Gasteiger partial charge in [0.25, 0.3) is 0 Å². The second-order valence-electron chi connectivity index (χ2n) is 9.14. The molecule has 1 aromatic heterocycles. The van der Waals surface area contributed by atoms with Crippen molar-refractivity contribution in [2.24, 2.45) is 5.41 Å². The summed E-state index contributed by atoms with van der Waals surface area (Å²) in [7, 11) is 1.79. The maximum atomic E-state index is 14.1. The van der Waals surface area contributed by atoms with Crippen LogP contribution in [0.5, 0.6) is 5.75 Å². The second-order valence-corrected chi connectivity index (χ2v) is 9.55. The highest BCUT2D eigenvalue weighted by Crippen LogP contribution is 2.50. The summed E-state index contributed by atoms with van der Waals surface area (Å²) in [5, 5.41) is 18.4. The van der Waals surface area contributed by atoms with Crippen LogP contribution in [0.1, 0.15) is 40.7 Å². The van der Waals surface area contributed by atoms with Gasteiger partial charge in [0.1, 0.15) is 17.1 Å². The molecule has 1 aromatic carbocycles. The molecule has 7 nitrogen and oxygen atoms in total. The minimum Gasteiger partial charge on any atom is -0.490 e. The number of hydrogen-bond acceptors (Lipinski definition) is 6. The lowest BCUT2D eigenvalue weighted by molar-refractivity contribution is -0.119. The van der Waals surface area contributed by atoms with Crippen molar-refractivity contribution in [3.05, 3.63) is 63.6 Å². The van der Waals surface area contributed by atoms with E-state index in [0.29, 0.717) is 33.9 Å². The highest BCUT2D eigenvalue weighted by atomic mass is 35.5. The van der Waals surface area contributed by atoms with E-state index in [-0.39, 0.29) is 22.8 Å². The average Bonchev–Trinajstić information content (AvgIpc) is 2.77. The van der Waals surface area contributed by atoms with Gasteiger partial charge < -0.3 is 15.0 Å². The Morgan fingerprint density at radius 1 is 1.32 bits per heavy atom. The Morgan fingerprint density at radius 3 is 2.76 bits per heavy atom. The zero-order valence-corrected chi connectivity index (χ0v) is 19.9. The molecule has 0 atom stereocenters. The molecule has 2 heterocycles. The zero-order chi connectivity index (χ0) is 24.3. The number of pyridine rings is 1. The summed E-state index contributed by atoms with van der Waals surface area (Å²) in [4.78, 5) is 13.9. The highest BCUT2D eigenvalue weighted by molar-refractivity contribution is 6.33. The van der Waals surface area contributed by atoms with Crippen LogP contribution in [0.2, 0.25) is 5.02 Å². The molecule has 0 amide bonds. The molecule has 1 aliphatic carbocycles. The Hall–Kier alpha value is -2.97. The van der Waals surface area contributed by atoms with Crippen LogP contribution in [0.15, 0.2) is 30.6 Å². The molecule has 1 saturated carbocycles. The van der Waals surface area contributed by atoms with Gasteiger partial charge in [0.2, 0.25) is 0 Å². The van der Waals surface area contributed by atoms with E-state index >= 15 is 0 Å². The summed E-state index contributed by atoms with van der Waals surface area (Å²) in [5.41, 5.74) is 2.03. The molecule has 2 fully saturated rings. The lowest BCUT2D eigenvalue weighted by Gasteiger charge is -2.58. The number of aryl methyl sites for hydroxylation is 1. The van der Waals surface area contributed by atoms with Crippen LogP contribution in [-0.4, -0.2) is 54.9 Å². The Bertz CT molecular complexity index is 1160. The highest BCUT2D eigenvalue weighted by Gasteiger charge is 2.53. The first-order valence-corrected chi connectivity index (χ1v) is 11.7. The number of hydrogen-bond donors (Lipinski definition) is 3. The van der Waals surface area contributed by atoms with E-state index < -0.39 is 0 Å². The van der Waals surface area contributed by atoms with Gasteiger partial charge in [-0.15, -0.1) is 0 Å². The summed E-state index contributed by atoms with van der Waals surface area (Å²) in [6, 6.07) is 5.01. The number of halogens is 2. The molecular weight excluding hydrogens is 457 g/mol. The lowest BCUT2D eigenvalue weighted by atomic mass is 9.61. The Morgan fingerprint density at radius 2 is 2.09 bits per heavy atom. The van der Waals surface area contributed by atoms with Crippen LogP contribution >= 0.6 is 11.6 Å². The van der Waals surface area contributed by atoms with E-state index in [2.05, 4.69) is 10.2 Å². The zero-order valence-electron chi connectivity index (χ0n) is 19.1. The lowest BCUT2D eigenvalue weighted by Crippen LogP contribution is -2.64. The number of ether oxygens (including phenoxy) is 1. The SMILES string of the molecule is CN/C=C\c1c(OC2CC3(C2)CN(CCCc2cc(=N)n(C=N)cc2F)C3)ccc(Cl)c1C=O. The fraction of sp³-hybridized carbons (Fsp3) is 0.400. The molecule has 2 aliphatic rings. The maximum Gasteiger partial charge on any atom is 0.152 e.